The SMILES string of the molecule is CC(C)(C)c1cc[n+](CC[n+]2ccc(C(C)(C)C)cc2)cc1.[Br-].[Br-]. The fourth-order valence-electron chi connectivity index (χ4n) is 2.44. The van der Waals surface area contributed by atoms with Gasteiger partial charge in [-0.15, -0.1) is 0 Å². The Morgan fingerprint density at radius 1 is 0.583 bits per heavy atom. The zero-order chi connectivity index (χ0) is 16.4. The van der Waals surface area contributed by atoms with Crippen LogP contribution in [0.1, 0.15) is 52.7 Å². The predicted molar refractivity (Wildman–Crippen MR) is 90.7 cm³/mol. The van der Waals surface area contributed by atoms with Crippen LogP contribution in [0.5, 0.6) is 0 Å². The van der Waals surface area contributed by atoms with Crippen molar-refractivity contribution in [3.63, 3.8) is 0 Å². The Kier molecular flexibility index (Phi) is 8.81. The lowest BCUT2D eigenvalue weighted by Crippen LogP contribution is -3.00. The maximum Gasteiger partial charge on any atom is 0.206 e. The highest BCUT2D eigenvalue weighted by molar-refractivity contribution is 5.18. The molecule has 2 rings (SSSR count). The van der Waals surface area contributed by atoms with Gasteiger partial charge in [-0.2, -0.15) is 9.13 Å². The van der Waals surface area contributed by atoms with Crippen LogP contribution >= 0.6 is 0 Å². The number of aromatic nitrogens is 2. The first-order valence-corrected chi connectivity index (χ1v) is 8.15. The quantitative estimate of drug-likeness (QED) is 0.452. The molecule has 24 heavy (non-hydrogen) atoms. The van der Waals surface area contributed by atoms with E-state index in [0.29, 0.717) is 0 Å². The summed E-state index contributed by atoms with van der Waals surface area (Å²) in [5, 5.41) is 0. The van der Waals surface area contributed by atoms with Crippen molar-refractivity contribution in [3.05, 3.63) is 60.2 Å². The Morgan fingerprint density at radius 2 is 0.833 bits per heavy atom. The fraction of sp³-hybridized carbons (Fsp3) is 0.500. The highest BCUT2D eigenvalue weighted by Crippen LogP contribution is 2.20. The van der Waals surface area contributed by atoms with Gasteiger partial charge in [0, 0.05) is 24.3 Å². The van der Waals surface area contributed by atoms with Crippen molar-refractivity contribution >= 4 is 0 Å². The predicted octanol–water partition coefficient (Wildman–Crippen LogP) is -2.44. The normalized spacial score (nSPS) is 11.4. The van der Waals surface area contributed by atoms with E-state index in [0.717, 1.165) is 13.1 Å². The summed E-state index contributed by atoms with van der Waals surface area (Å²) in [5.41, 5.74) is 3.20. The van der Waals surface area contributed by atoms with Crippen LogP contribution in [0, 0.1) is 0 Å². The third kappa shape index (κ3) is 6.64. The van der Waals surface area contributed by atoms with Crippen molar-refractivity contribution < 1.29 is 43.1 Å². The van der Waals surface area contributed by atoms with E-state index >= 15 is 0 Å². The summed E-state index contributed by atoms with van der Waals surface area (Å²) < 4.78 is 4.50. The van der Waals surface area contributed by atoms with E-state index in [2.05, 4.69) is 99.7 Å². The third-order valence-electron chi connectivity index (χ3n) is 4.13. The average Bonchev–Trinajstić information content (AvgIpc) is 2.44. The van der Waals surface area contributed by atoms with Gasteiger partial charge in [0.2, 0.25) is 13.1 Å². The highest BCUT2D eigenvalue weighted by atomic mass is 79.9. The Morgan fingerprint density at radius 3 is 1.04 bits per heavy atom. The maximum absolute atomic E-state index is 2.25. The summed E-state index contributed by atoms with van der Waals surface area (Å²) in [6.45, 7) is 15.5. The molecule has 2 aromatic rings. The van der Waals surface area contributed by atoms with Gasteiger partial charge in [-0.05, 0) is 22.0 Å². The molecule has 0 spiro atoms. The molecule has 0 aliphatic heterocycles. The first-order valence-electron chi connectivity index (χ1n) is 8.15. The van der Waals surface area contributed by atoms with E-state index < -0.39 is 0 Å². The topological polar surface area (TPSA) is 7.76 Å². The molecular formula is C20H30Br2N2. The Hall–Kier alpha value is -0.740. The Bertz CT molecular complexity index is 549. The van der Waals surface area contributed by atoms with Crippen LogP contribution in [0.2, 0.25) is 0 Å². The zero-order valence-electron chi connectivity index (χ0n) is 15.7. The minimum absolute atomic E-state index is 0. The molecule has 2 heterocycles. The molecule has 0 bridgehead atoms. The maximum atomic E-state index is 2.25. The minimum Gasteiger partial charge on any atom is -1.00 e. The van der Waals surface area contributed by atoms with Crippen molar-refractivity contribution in [2.45, 2.75) is 65.5 Å². The van der Waals surface area contributed by atoms with Crippen LogP contribution in [-0.4, -0.2) is 0 Å². The van der Waals surface area contributed by atoms with Gasteiger partial charge in [0.15, 0.2) is 24.8 Å². The van der Waals surface area contributed by atoms with Gasteiger partial charge in [-0.25, -0.2) is 0 Å². The largest absolute Gasteiger partial charge is 1.00 e. The summed E-state index contributed by atoms with van der Waals surface area (Å²) in [6, 6.07) is 8.92. The highest BCUT2D eigenvalue weighted by Gasteiger charge is 2.16. The number of hydrogen-bond acceptors (Lipinski definition) is 0. The Labute approximate surface area is 168 Å². The third-order valence-corrected chi connectivity index (χ3v) is 4.13. The van der Waals surface area contributed by atoms with Gasteiger partial charge < -0.3 is 34.0 Å². The van der Waals surface area contributed by atoms with E-state index in [1.54, 1.807) is 0 Å². The molecule has 0 saturated heterocycles. The molecule has 0 atom stereocenters. The van der Waals surface area contributed by atoms with Crippen LogP contribution in [0.15, 0.2) is 49.1 Å². The molecule has 0 amide bonds. The number of pyridine rings is 2. The first kappa shape index (κ1) is 23.3. The lowest BCUT2D eigenvalue weighted by Gasteiger charge is -2.17. The fourth-order valence-corrected chi connectivity index (χ4v) is 2.44. The molecule has 0 fully saturated rings. The molecule has 0 aliphatic carbocycles. The molecule has 0 N–H and O–H groups in total. The van der Waals surface area contributed by atoms with Gasteiger partial charge in [0.05, 0.1) is 0 Å². The van der Waals surface area contributed by atoms with Gasteiger partial charge in [0.1, 0.15) is 0 Å². The van der Waals surface area contributed by atoms with Gasteiger partial charge >= 0.3 is 0 Å². The second kappa shape index (κ2) is 9.10. The number of rotatable bonds is 3. The van der Waals surface area contributed by atoms with Crippen molar-refractivity contribution in [3.8, 4) is 0 Å². The average molecular weight is 458 g/mol. The standard InChI is InChI=1S/C20H30N2.2BrH/c1-19(2,3)17-7-11-21(12-8-17)15-16-22-13-9-18(10-14-22)20(4,5)6;;/h7-14H,15-16H2,1-6H3;2*1H/q+2;;/p-2. The summed E-state index contributed by atoms with van der Waals surface area (Å²) in [4.78, 5) is 0. The lowest BCUT2D eigenvalue weighted by atomic mass is 9.88. The molecule has 0 radical (unpaired) electrons. The Balaban J connectivity index is 0.00000264. The number of nitrogens with zero attached hydrogens (tertiary/aromatic N) is 2. The smallest absolute Gasteiger partial charge is 0.206 e. The lowest BCUT2D eigenvalue weighted by molar-refractivity contribution is -0.778. The summed E-state index contributed by atoms with van der Waals surface area (Å²) >= 11 is 0. The number of aryl methyl sites for hydroxylation is 2. The van der Waals surface area contributed by atoms with E-state index in [1.165, 1.54) is 11.1 Å². The van der Waals surface area contributed by atoms with Crippen LogP contribution in [0.25, 0.3) is 0 Å². The van der Waals surface area contributed by atoms with Crippen LogP contribution in [0.3, 0.4) is 0 Å². The monoisotopic (exact) mass is 456 g/mol. The molecular weight excluding hydrogens is 428 g/mol. The number of halogens is 2. The second-order valence-corrected chi connectivity index (χ2v) is 8.15. The first-order chi connectivity index (χ1) is 10.2. The van der Waals surface area contributed by atoms with Gasteiger partial charge in [0.25, 0.3) is 0 Å². The van der Waals surface area contributed by atoms with Gasteiger partial charge in [-0.1, -0.05) is 41.5 Å². The van der Waals surface area contributed by atoms with Gasteiger partial charge in [-0.3, -0.25) is 0 Å². The second-order valence-electron chi connectivity index (χ2n) is 8.15. The van der Waals surface area contributed by atoms with Crippen LogP contribution in [0.4, 0.5) is 0 Å². The van der Waals surface area contributed by atoms with E-state index in [-0.39, 0.29) is 44.8 Å². The molecule has 0 aliphatic rings. The van der Waals surface area contributed by atoms with Crippen LogP contribution < -0.4 is 43.1 Å². The van der Waals surface area contributed by atoms with Crippen LogP contribution in [-0.2, 0) is 23.9 Å². The van der Waals surface area contributed by atoms with E-state index in [1.807, 2.05) is 0 Å². The number of hydrogen-bond donors (Lipinski definition) is 0. The summed E-state index contributed by atoms with van der Waals surface area (Å²) in [5.74, 6) is 0. The van der Waals surface area contributed by atoms with E-state index in [9.17, 15) is 0 Å². The molecule has 0 unspecified atom stereocenters. The van der Waals surface area contributed by atoms with Crippen molar-refractivity contribution in [2.24, 2.45) is 0 Å². The summed E-state index contributed by atoms with van der Waals surface area (Å²) in [6.07, 6.45) is 8.74. The van der Waals surface area contributed by atoms with Crippen molar-refractivity contribution in [1.29, 1.82) is 0 Å². The van der Waals surface area contributed by atoms with Crippen molar-refractivity contribution in [1.82, 2.24) is 0 Å². The van der Waals surface area contributed by atoms with E-state index in [4.69, 9.17) is 0 Å². The minimum atomic E-state index is 0. The van der Waals surface area contributed by atoms with Crippen molar-refractivity contribution in [2.75, 3.05) is 0 Å². The molecule has 0 aromatic carbocycles. The zero-order valence-corrected chi connectivity index (χ0v) is 18.9. The molecule has 2 nitrogen and oxygen atoms in total. The molecule has 0 saturated carbocycles. The summed E-state index contributed by atoms with van der Waals surface area (Å²) in [7, 11) is 0. The molecule has 134 valence electrons. The molecule has 2 aromatic heterocycles. The molecule has 4 heteroatoms.